The Balaban J connectivity index is 1.96. The zero-order valence-electron chi connectivity index (χ0n) is 16.6. The van der Waals surface area contributed by atoms with E-state index in [0.29, 0.717) is 12.1 Å². The number of rotatable bonds is 5. The molecule has 2 heterocycles. The highest BCUT2D eigenvalue weighted by atomic mass is 32.2. The first-order chi connectivity index (χ1) is 13.1. The summed E-state index contributed by atoms with van der Waals surface area (Å²) in [6.07, 6.45) is 1.84. The maximum atomic E-state index is 13.2. The van der Waals surface area contributed by atoms with E-state index >= 15 is 0 Å². The van der Waals surface area contributed by atoms with Gasteiger partial charge in [0.25, 0.3) is 5.91 Å². The minimum absolute atomic E-state index is 0.0259. The van der Waals surface area contributed by atoms with Gasteiger partial charge in [0.05, 0.1) is 13.2 Å². The zero-order chi connectivity index (χ0) is 20.5. The average Bonchev–Trinajstić information content (AvgIpc) is 3.29. The van der Waals surface area contributed by atoms with Crippen LogP contribution in [0.5, 0.6) is 5.75 Å². The standard InChI is InChI=1S/C20H26N2O4S2/c1-20(2,3)21-28(24,25)18-12-14(7-8-17(18)26-4)19(23)22-10-5-6-16(22)15-9-11-27-13-15/h7-9,11-13,16,21H,5-6,10H2,1-4H3. The van der Waals surface area contributed by atoms with E-state index in [-0.39, 0.29) is 22.6 Å². The number of ether oxygens (including phenoxy) is 1. The molecule has 1 N–H and O–H groups in total. The van der Waals surface area contributed by atoms with E-state index in [1.807, 2.05) is 16.3 Å². The summed E-state index contributed by atoms with van der Waals surface area (Å²) in [5.74, 6) is 0.0488. The minimum Gasteiger partial charge on any atom is -0.495 e. The molecule has 0 spiro atoms. The Morgan fingerprint density at radius 3 is 2.64 bits per heavy atom. The summed E-state index contributed by atoms with van der Waals surface area (Å²) in [6.45, 7) is 5.96. The lowest BCUT2D eigenvalue weighted by Gasteiger charge is -2.25. The molecule has 0 radical (unpaired) electrons. The number of amides is 1. The molecule has 28 heavy (non-hydrogen) atoms. The molecule has 2 aromatic rings. The minimum atomic E-state index is -3.84. The number of likely N-dealkylation sites (tertiary alicyclic amines) is 1. The summed E-state index contributed by atoms with van der Waals surface area (Å²) < 4.78 is 33.6. The molecule has 1 atom stereocenters. The van der Waals surface area contributed by atoms with Crippen molar-refractivity contribution in [1.29, 1.82) is 0 Å². The van der Waals surface area contributed by atoms with E-state index < -0.39 is 15.6 Å². The molecule has 1 amide bonds. The van der Waals surface area contributed by atoms with Gasteiger partial charge in [-0.15, -0.1) is 0 Å². The Morgan fingerprint density at radius 1 is 1.29 bits per heavy atom. The maximum absolute atomic E-state index is 13.2. The molecule has 1 aliphatic heterocycles. The number of carbonyl (C=O) groups excluding carboxylic acids is 1. The summed E-state index contributed by atoms with van der Waals surface area (Å²) in [4.78, 5) is 15.0. The predicted molar refractivity (Wildman–Crippen MR) is 110 cm³/mol. The first-order valence-electron chi connectivity index (χ1n) is 9.17. The van der Waals surface area contributed by atoms with Gasteiger partial charge in [0.15, 0.2) is 0 Å². The normalized spacial score (nSPS) is 17.7. The van der Waals surface area contributed by atoms with Crippen molar-refractivity contribution in [3.8, 4) is 5.75 Å². The molecule has 1 unspecified atom stereocenters. The van der Waals surface area contributed by atoms with Gasteiger partial charge in [-0.2, -0.15) is 11.3 Å². The maximum Gasteiger partial charge on any atom is 0.254 e. The van der Waals surface area contributed by atoms with Crippen LogP contribution in [0.3, 0.4) is 0 Å². The van der Waals surface area contributed by atoms with Gasteiger partial charge in [0.1, 0.15) is 10.6 Å². The summed E-state index contributed by atoms with van der Waals surface area (Å²) in [7, 11) is -2.42. The molecule has 0 aliphatic carbocycles. The number of sulfonamides is 1. The molecule has 6 nitrogen and oxygen atoms in total. The van der Waals surface area contributed by atoms with Crippen LogP contribution in [-0.2, 0) is 10.0 Å². The SMILES string of the molecule is COc1ccc(C(=O)N2CCCC2c2ccsc2)cc1S(=O)(=O)NC(C)(C)C. The van der Waals surface area contributed by atoms with Crippen LogP contribution in [0.25, 0.3) is 0 Å². The van der Waals surface area contributed by atoms with Gasteiger partial charge >= 0.3 is 0 Å². The number of thiophene rings is 1. The number of carbonyl (C=O) groups is 1. The van der Waals surface area contributed by atoms with E-state index in [1.54, 1.807) is 44.2 Å². The molecular weight excluding hydrogens is 396 g/mol. The number of methoxy groups -OCH3 is 1. The third-order valence-corrected chi connectivity index (χ3v) is 7.06. The highest BCUT2D eigenvalue weighted by molar-refractivity contribution is 7.89. The fraction of sp³-hybridized carbons (Fsp3) is 0.450. The highest BCUT2D eigenvalue weighted by Crippen LogP contribution is 2.35. The molecule has 3 rings (SSSR count). The zero-order valence-corrected chi connectivity index (χ0v) is 18.2. The number of hydrogen-bond acceptors (Lipinski definition) is 5. The van der Waals surface area contributed by atoms with Crippen LogP contribution in [0, 0.1) is 0 Å². The lowest BCUT2D eigenvalue weighted by molar-refractivity contribution is 0.0735. The van der Waals surface area contributed by atoms with Gasteiger partial charge in [0, 0.05) is 17.6 Å². The molecular formula is C20H26N2O4S2. The first-order valence-corrected chi connectivity index (χ1v) is 11.6. The van der Waals surface area contributed by atoms with Crippen LogP contribution in [0.4, 0.5) is 0 Å². The number of benzene rings is 1. The van der Waals surface area contributed by atoms with Crippen molar-refractivity contribution in [2.45, 2.75) is 50.1 Å². The van der Waals surface area contributed by atoms with Crippen molar-refractivity contribution in [1.82, 2.24) is 9.62 Å². The second-order valence-corrected chi connectivity index (χ2v) is 10.4. The Kier molecular flexibility index (Phi) is 5.84. The predicted octanol–water partition coefficient (Wildman–Crippen LogP) is 3.81. The van der Waals surface area contributed by atoms with Crippen LogP contribution < -0.4 is 9.46 Å². The lowest BCUT2D eigenvalue weighted by Crippen LogP contribution is -2.40. The largest absolute Gasteiger partial charge is 0.495 e. The van der Waals surface area contributed by atoms with Crippen LogP contribution in [0.1, 0.15) is 55.6 Å². The third-order valence-electron chi connectivity index (χ3n) is 4.58. The van der Waals surface area contributed by atoms with Gasteiger partial charge in [-0.05, 0) is 74.2 Å². The topological polar surface area (TPSA) is 75.7 Å². The van der Waals surface area contributed by atoms with E-state index in [0.717, 1.165) is 18.4 Å². The molecule has 0 saturated carbocycles. The summed E-state index contributed by atoms with van der Waals surface area (Å²) in [5, 5.41) is 4.07. The molecule has 1 aromatic heterocycles. The Morgan fingerprint density at radius 2 is 2.04 bits per heavy atom. The van der Waals surface area contributed by atoms with Crippen molar-refractivity contribution in [2.24, 2.45) is 0 Å². The van der Waals surface area contributed by atoms with Crippen molar-refractivity contribution in [3.63, 3.8) is 0 Å². The van der Waals surface area contributed by atoms with Crippen molar-refractivity contribution in [2.75, 3.05) is 13.7 Å². The Hall–Kier alpha value is -1.90. The number of hydrogen-bond donors (Lipinski definition) is 1. The van der Waals surface area contributed by atoms with Crippen LogP contribution >= 0.6 is 11.3 Å². The first kappa shape index (κ1) is 20.8. The average molecular weight is 423 g/mol. The quantitative estimate of drug-likeness (QED) is 0.795. The van der Waals surface area contributed by atoms with Crippen LogP contribution in [-0.4, -0.2) is 38.4 Å². The van der Waals surface area contributed by atoms with Crippen LogP contribution in [0.15, 0.2) is 39.9 Å². The fourth-order valence-corrected chi connectivity index (χ4v) is 5.79. The molecule has 8 heteroatoms. The molecule has 1 fully saturated rings. The Bertz CT molecular complexity index is 947. The Labute approximate surface area is 170 Å². The van der Waals surface area contributed by atoms with Gasteiger partial charge < -0.3 is 9.64 Å². The highest BCUT2D eigenvalue weighted by Gasteiger charge is 2.32. The second-order valence-electron chi connectivity index (χ2n) is 7.93. The van der Waals surface area contributed by atoms with E-state index in [2.05, 4.69) is 10.1 Å². The van der Waals surface area contributed by atoms with E-state index in [9.17, 15) is 13.2 Å². The van der Waals surface area contributed by atoms with Crippen LogP contribution in [0.2, 0.25) is 0 Å². The molecule has 152 valence electrons. The molecule has 0 bridgehead atoms. The number of nitrogens with zero attached hydrogens (tertiary/aromatic N) is 1. The van der Waals surface area contributed by atoms with Gasteiger partial charge in [-0.3, -0.25) is 4.79 Å². The third kappa shape index (κ3) is 4.39. The van der Waals surface area contributed by atoms with Gasteiger partial charge in [-0.25, -0.2) is 13.1 Å². The van der Waals surface area contributed by atoms with E-state index in [1.165, 1.54) is 13.2 Å². The molecule has 1 aromatic carbocycles. The van der Waals surface area contributed by atoms with Crippen molar-refractivity contribution >= 4 is 27.3 Å². The molecule has 1 saturated heterocycles. The number of nitrogens with one attached hydrogen (secondary N) is 1. The van der Waals surface area contributed by atoms with Crippen molar-refractivity contribution in [3.05, 3.63) is 46.2 Å². The van der Waals surface area contributed by atoms with E-state index in [4.69, 9.17) is 4.74 Å². The van der Waals surface area contributed by atoms with Gasteiger partial charge in [0.2, 0.25) is 10.0 Å². The monoisotopic (exact) mass is 422 g/mol. The second kappa shape index (κ2) is 7.85. The summed E-state index contributed by atoms with van der Waals surface area (Å²) >= 11 is 1.61. The van der Waals surface area contributed by atoms with Gasteiger partial charge in [-0.1, -0.05) is 0 Å². The molecule has 1 aliphatic rings. The fourth-order valence-electron chi connectivity index (χ4n) is 3.46. The lowest BCUT2D eigenvalue weighted by atomic mass is 10.1. The smallest absolute Gasteiger partial charge is 0.254 e. The van der Waals surface area contributed by atoms with Crippen molar-refractivity contribution < 1.29 is 17.9 Å². The summed E-state index contributed by atoms with van der Waals surface area (Å²) in [6, 6.07) is 6.66. The summed E-state index contributed by atoms with van der Waals surface area (Å²) in [5.41, 5.74) is 0.826.